The minimum absolute atomic E-state index is 0.0363. The fourth-order valence-electron chi connectivity index (χ4n) is 3.06. The van der Waals surface area contributed by atoms with Crippen LogP contribution in [0.4, 0.5) is 11.4 Å². The molecule has 0 bridgehead atoms. The van der Waals surface area contributed by atoms with Crippen molar-refractivity contribution in [2.45, 2.75) is 45.6 Å². The Morgan fingerprint density at radius 2 is 1.61 bits per heavy atom. The lowest BCUT2D eigenvalue weighted by molar-refractivity contribution is -0.166. The van der Waals surface area contributed by atoms with Gasteiger partial charge in [0.05, 0.1) is 30.3 Å². The van der Waals surface area contributed by atoms with Crippen molar-refractivity contribution < 1.29 is 19.1 Å². The molecule has 0 aromatic heterocycles. The molecule has 6 nitrogen and oxygen atoms in total. The van der Waals surface area contributed by atoms with Gasteiger partial charge in [-0.2, -0.15) is 0 Å². The predicted octanol–water partition coefficient (Wildman–Crippen LogP) is 1.84. The van der Waals surface area contributed by atoms with Gasteiger partial charge in [-0.3, -0.25) is 9.59 Å². The Balaban J connectivity index is 2.30. The summed E-state index contributed by atoms with van der Waals surface area (Å²) < 4.78 is 10.3. The molecule has 2 rings (SSSR count). The van der Waals surface area contributed by atoms with Gasteiger partial charge in [-0.25, -0.2) is 0 Å². The highest BCUT2D eigenvalue weighted by molar-refractivity contribution is 5.86. The van der Waals surface area contributed by atoms with E-state index in [9.17, 15) is 9.59 Å². The normalized spacial score (nSPS) is 15.8. The first kappa shape index (κ1) is 17.1. The van der Waals surface area contributed by atoms with Gasteiger partial charge in [0.15, 0.2) is 0 Å². The number of fused-ring (bicyclic) bond motifs is 1. The number of esters is 2. The standard InChI is InChI=1S/C17H24N2O4/c1-16(2,3)23-14(20)9-17(15(21)22-4)7-10-5-12(18)13(19)6-11(10)8-17/h5-6H,7-9,18-19H2,1-4H3. The van der Waals surface area contributed by atoms with Gasteiger partial charge in [-0.05, 0) is 56.9 Å². The molecule has 4 N–H and O–H groups in total. The lowest BCUT2D eigenvalue weighted by atomic mass is 9.81. The van der Waals surface area contributed by atoms with Crippen LogP contribution in [0.5, 0.6) is 0 Å². The van der Waals surface area contributed by atoms with E-state index in [1.54, 1.807) is 32.9 Å². The van der Waals surface area contributed by atoms with Gasteiger partial charge < -0.3 is 20.9 Å². The summed E-state index contributed by atoms with van der Waals surface area (Å²) in [5.41, 5.74) is 12.9. The van der Waals surface area contributed by atoms with Crippen molar-refractivity contribution in [1.29, 1.82) is 0 Å². The summed E-state index contributed by atoms with van der Waals surface area (Å²) >= 11 is 0. The van der Waals surface area contributed by atoms with Crippen molar-refractivity contribution >= 4 is 23.3 Å². The average Bonchev–Trinajstić information content (AvgIpc) is 2.74. The molecule has 1 aromatic rings. The maximum absolute atomic E-state index is 12.4. The van der Waals surface area contributed by atoms with E-state index in [2.05, 4.69) is 0 Å². The topological polar surface area (TPSA) is 105 Å². The molecule has 1 aliphatic rings. The van der Waals surface area contributed by atoms with Crippen LogP contribution in [0.2, 0.25) is 0 Å². The van der Waals surface area contributed by atoms with Crippen molar-refractivity contribution in [1.82, 2.24) is 0 Å². The van der Waals surface area contributed by atoms with Crippen LogP contribution in [0.15, 0.2) is 12.1 Å². The molecule has 126 valence electrons. The smallest absolute Gasteiger partial charge is 0.313 e. The molecule has 0 unspecified atom stereocenters. The quantitative estimate of drug-likeness (QED) is 0.650. The van der Waals surface area contributed by atoms with Crippen molar-refractivity contribution in [3.05, 3.63) is 23.3 Å². The molecule has 0 spiro atoms. The lowest BCUT2D eigenvalue weighted by Crippen LogP contribution is -2.37. The maximum atomic E-state index is 12.4. The van der Waals surface area contributed by atoms with Crippen LogP contribution in [0, 0.1) is 5.41 Å². The second-order valence-electron chi connectivity index (χ2n) is 7.14. The number of anilines is 2. The third kappa shape index (κ3) is 3.57. The fourth-order valence-corrected chi connectivity index (χ4v) is 3.06. The highest BCUT2D eigenvalue weighted by atomic mass is 16.6. The Hall–Kier alpha value is -2.24. The number of ether oxygens (including phenoxy) is 2. The van der Waals surface area contributed by atoms with Crippen LogP contribution in [0.3, 0.4) is 0 Å². The predicted molar refractivity (Wildman–Crippen MR) is 87.6 cm³/mol. The van der Waals surface area contributed by atoms with E-state index in [1.165, 1.54) is 7.11 Å². The number of benzene rings is 1. The Kier molecular flexibility index (Phi) is 4.28. The third-order valence-electron chi connectivity index (χ3n) is 3.98. The molecule has 0 amide bonds. The van der Waals surface area contributed by atoms with Crippen LogP contribution in [-0.4, -0.2) is 24.6 Å². The first-order valence-electron chi connectivity index (χ1n) is 7.53. The summed E-state index contributed by atoms with van der Waals surface area (Å²) in [6, 6.07) is 3.54. The molecule has 0 aliphatic heterocycles. The van der Waals surface area contributed by atoms with Crippen LogP contribution < -0.4 is 11.5 Å². The molecular weight excluding hydrogens is 296 g/mol. The van der Waals surface area contributed by atoms with Gasteiger partial charge in [0.25, 0.3) is 0 Å². The summed E-state index contributed by atoms with van der Waals surface area (Å²) in [6.45, 7) is 5.38. The largest absolute Gasteiger partial charge is 0.469 e. The molecule has 0 atom stereocenters. The summed E-state index contributed by atoms with van der Waals surface area (Å²) in [7, 11) is 1.32. The molecule has 0 radical (unpaired) electrons. The zero-order valence-electron chi connectivity index (χ0n) is 14.1. The van der Waals surface area contributed by atoms with E-state index in [0.717, 1.165) is 11.1 Å². The number of nitrogens with two attached hydrogens (primary N) is 2. The monoisotopic (exact) mass is 320 g/mol. The average molecular weight is 320 g/mol. The van der Waals surface area contributed by atoms with Gasteiger partial charge >= 0.3 is 11.9 Å². The highest BCUT2D eigenvalue weighted by Crippen LogP contribution is 2.43. The molecular formula is C17H24N2O4. The number of carbonyl (C=O) groups is 2. The van der Waals surface area contributed by atoms with Crippen LogP contribution in [0.25, 0.3) is 0 Å². The van der Waals surface area contributed by atoms with Crippen molar-refractivity contribution in [3.63, 3.8) is 0 Å². The fraction of sp³-hybridized carbons (Fsp3) is 0.529. The molecule has 23 heavy (non-hydrogen) atoms. The summed E-state index contributed by atoms with van der Waals surface area (Å²) in [5.74, 6) is -0.839. The number of hydrogen-bond acceptors (Lipinski definition) is 6. The second kappa shape index (κ2) is 5.76. The summed E-state index contributed by atoms with van der Waals surface area (Å²) in [5, 5.41) is 0. The lowest BCUT2D eigenvalue weighted by Gasteiger charge is -2.27. The number of rotatable bonds is 3. The van der Waals surface area contributed by atoms with Gasteiger partial charge in [-0.15, -0.1) is 0 Å². The Labute approximate surface area is 136 Å². The molecule has 1 aliphatic carbocycles. The number of hydrogen-bond donors (Lipinski definition) is 2. The van der Waals surface area contributed by atoms with Gasteiger partial charge in [0, 0.05) is 0 Å². The zero-order chi connectivity index (χ0) is 17.4. The minimum atomic E-state index is -0.959. The van der Waals surface area contributed by atoms with E-state index in [-0.39, 0.29) is 6.42 Å². The molecule has 0 saturated heterocycles. The molecule has 1 aromatic carbocycles. The van der Waals surface area contributed by atoms with Crippen LogP contribution in [0.1, 0.15) is 38.3 Å². The number of carbonyl (C=O) groups excluding carboxylic acids is 2. The molecule has 0 fully saturated rings. The maximum Gasteiger partial charge on any atom is 0.313 e. The molecule has 6 heteroatoms. The number of nitrogen functional groups attached to an aromatic ring is 2. The van der Waals surface area contributed by atoms with E-state index in [0.29, 0.717) is 24.2 Å². The Bertz CT molecular complexity index is 616. The van der Waals surface area contributed by atoms with Crippen LogP contribution in [-0.2, 0) is 31.9 Å². The van der Waals surface area contributed by atoms with Gasteiger partial charge in [0.1, 0.15) is 5.60 Å². The summed E-state index contributed by atoms with van der Waals surface area (Å²) in [6.07, 6.45) is 0.739. The van der Waals surface area contributed by atoms with Crippen molar-refractivity contribution in [2.75, 3.05) is 18.6 Å². The van der Waals surface area contributed by atoms with Gasteiger partial charge in [0.2, 0.25) is 0 Å². The Morgan fingerprint density at radius 3 is 2.00 bits per heavy atom. The van der Waals surface area contributed by atoms with E-state index < -0.39 is 23.0 Å². The highest BCUT2D eigenvalue weighted by Gasteiger charge is 2.47. The van der Waals surface area contributed by atoms with E-state index >= 15 is 0 Å². The third-order valence-corrected chi connectivity index (χ3v) is 3.98. The zero-order valence-corrected chi connectivity index (χ0v) is 14.1. The first-order valence-corrected chi connectivity index (χ1v) is 7.53. The first-order chi connectivity index (χ1) is 10.6. The van der Waals surface area contributed by atoms with Crippen LogP contribution >= 0.6 is 0 Å². The van der Waals surface area contributed by atoms with Crippen molar-refractivity contribution in [3.8, 4) is 0 Å². The number of methoxy groups -OCH3 is 1. The van der Waals surface area contributed by atoms with Gasteiger partial charge in [-0.1, -0.05) is 0 Å². The summed E-state index contributed by atoms with van der Waals surface area (Å²) in [4.78, 5) is 24.6. The minimum Gasteiger partial charge on any atom is -0.469 e. The molecule has 0 heterocycles. The molecule has 0 saturated carbocycles. The SMILES string of the molecule is COC(=O)C1(CC(=O)OC(C)(C)C)Cc2cc(N)c(N)cc2C1. The second-order valence-corrected chi connectivity index (χ2v) is 7.14. The van der Waals surface area contributed by atoms with E-state index in [4.69, 9.17) is 20.9 Å². The van der Waals surface area contributed by atoms with Crippen molar-refractivity contribution in [2.24, 2.45) is 5.41 Å². The Morgan fingerprint density at radius 1 is 1.13 bits per heavy atom. The van der Waals surface area contributed by atoms with E-state index in [1.807, 2.05) is 0 Å².